The third-order valence-corrected chi connectivity index (χ3v) is 5.23. The zero-order valence-corrected chi connectivity index (χ0v) is 16.1. The van der Waals surface area contributed by atoms with E-state index in [2.05, 4.69) is 20.4 Å². The summed E-state index contributed by atoms with van der Waals surface area (Å²) in [5.41, 5.74) is 2.82. The molecule has 1 atom stereocenters. The number of nitrogens with one attached hydrogen (secondary N) is 2. The topological polar surface area (TPSA) is 75.6 Å². The lowest BCUT2D eigenvalue weighted by atomic mass is 10.1. The normalized spacial score (nSPS) is 12.2. The molecule has 0 aliphatic heterocycles. The van der Waals surface area contributed by atoms with E-state index in [0.717, 1.165) is 10.6 Å². The van der Waals surface area contributed by atoms with Crippen LogP contribution in [0.2, 0.25) is 0 Å². The van der Waals surface area contributed by atoms with Crippen molar-refractivity contribution in [3.63, 3.8) is 0 Å². The van der Waals surface area contributed by atoms with Gasteiger partial charge in [-0.1, -0.05) is 0 Å². The third kappa shape index (κ3) is 3.38. The second kappa shape index (κ2) is 7.47. The number of rotatable bonds is 5. The Labute approximate surface area is 165 Å². The molecular weight excluding hydrogens is 377 g/mol. The van der Waals surface area contributed by atoms with Crippen molar-refractivity contribution in [1.82, 2.24) is 25.1 Å². The van der Waals surface area contributed by atoms with Gasteiger partial charge in [0.2, 0.25) is 0 Å². The fourth-order valence-electron chi connectivity index (χ4n) is 3.03. The average Bonchev–Trinajstić information content (AvgIpc) is 3.35. The Morgan fingerprint density at radius 1 is 1.25 bits per heavy atom. The van der Waals surface area contributed by atoms with E-state index in [1.54, 1.807) is 41.0 Å². The fraction of sp³-hybridized carbons (Fsp3) is 0.150. The minimum absolute atomic E-state index is 0.160. The highest BCUT2D eigenvalue weighted by atomic mass is 32.2. The van der Waals surface area contributed by atoms with E-state index < -0.39 is 0 Å². The molecule has 0 aliphatic rings. The monoisotopic (exact) mass is 395 g/mol. The highest BCUT2D eigenvalue weighted by Gasteiger charge is 2.18. The smallest absolute Gasteiger partial charge is 0.254 e. The summed E-state index contributed by atoms with van der Waals surface area (Å²) in [6, 6.07) is 7.85. The Kier molecular flexibility index (Phi) is 4.87. The Morgan fingerprint density at radius 2 is 2.04 bits per heavy atom. The van der Waals surface area contributed by atoms with Gasteiger partial charge in [-0.2, -0.15) is 5.10 Å². The van der Waals surface area contributed by atoms with Gasteiger partial charge in [0.15, 0.2) is 0 Å². The van der Waals surface area contributed by atoms with Gasteiger partial charge >= 0.3 is 0 Å². The molecule has 2 N–H and O–H groups in total. The predicted molar refractivity (Wildman–Crippen MR) is 107 cm³/mol. The summed E-state index contributed by atoms with van der Waals surface area (Å²) in [7, 11) is 0. The largest absolute Gasteiger partial charge is 0.356 e. The summed E-state index contributed by atoms with van der Waals surface area (Å²) in [4.78, 5) is 20.2. The van der Waals surface area contributed by atoms with E-state index in [1.165, 1.54) is 18.3 Å². The van der Waals surface area contributed by atoms with Crippen LogP contribution in [0.4, 0.5) is 4.39 Å². The van der Waals surface area contributed by atoms with E-state index in [1.807, 2.05) is 25.4 Å². The van der Waals surface area contributed by atoms with Crippen LogP contribution in [0.1, 0.15) is 28.9 Å². The molecule has 0 saturated carbocycles. The number of hydrogen-bond donors (Lipinski definition) is 2. The van der Waals surface area contributed by atoms with Gasteiger partial charge in [-0.3, -0.25) is 9.78 Å². The van der Waals surface area contributed by atoms with Gasteiger partial charge < -0.3 is 10.3 Å². The number of fused-ring (bicyclic) bond motifs is 1. The zero-order chi connectivity index (χ0) is 19.7. The number of carbonyl (C=O) groups excluding carboxylic acids is 1. The predicted octanol–water partition coefficient (Wildman–Crippen LogP) is 4.10. The maximum atomic E-state index is 13.2. The number of carbonyl (C=O) groups is 1. The van der Waals surface area contributed by atoms with Crippen LogP contribution >= 0.6 is 11.8 Å². The van der Waals surface area contributed by atoms with Crippen molar-refractivity contribution < 1.29 is 9.18 Å². The van der Waals surface area contributed by atoms with Gasteiger partial charge in [0.1, 0.15) is 5.82 Å². The van der Waals surface area contributed by atoms with Gasteiger partial charge in [0.25, 0.3) is 5.91 Å². The lowest BCUT2D eigenvalue weighted by Crippen LogP contribution is -2.26. The Morgan fingerprint density at radius 3 is 2.75 bits per heavy atom. The second-order valence-corrected chi connectivity index (χ2v) is 7.20. The minimum atomic E-state index is -0.318. The molecule has 3 aromatic heterocycles. The molecule has 6 nitrogen and oxygen atoms in total. The van der Waals surface area contributed by atoms with Gasteiger partial charge in [0.05, 0.1) is 40.2 Å². The first kappa shape index (κ1) is 18.2. The molecule has 0 aliphatic carbocycles. The Hall–Kier alpha value is -3.13. The van der Waals surface area contributed by atoms with Crippen LogP contribution in [-0.4, -0.2) is 31.9 Å². The number of pyridine rings is 1. The highest BCUT2D eigenvalue weighted by Crippen LogP contribution is 2.23. The number of aromatic amines is 1. The first-order valence-electron chi connectivity index (χ1n) is 8.67. The molecule has 8 heteroatoms. The van der Waals surface area contributed by atoms with E-state index in [-0.39, 0.29) is 17.8 Å². The number of nitrogens with zero attached hydrogens (tertiary/aromatic N) is 3. The molecular formula is C20H18FN5OS. The van der Waals surface area contributed by atoms with E-state index in [4.69, 9.17) is 0 Å². The first-order chi connectivity index (χ1) is 13.6. The summed E-state index contributed by atoms with van der Waals surface area (Å²) in [5, 5.41) is 9.09. The van der Waals surface area contributed by atoms with Crippen molar-refractivity contribution >= 4 is 28.6 Å². The molecule has 0 fully saturated rings. The highest BCUT2D eigenvalue weighted by molar-refractivity contribution is 7.98. The van der Waals surface area contributed by atoms with Crippen molar-refractivity contribution in [3.05, 3.63) is 72.1 Å². The maximum Gasteiger partial charge on any atom is 0.254 e. The summed E-state index contributed by atoms with van der Waals surface area (Å²) < 4.78 is 14.8. The molecule has 0 spiro atoms. The number of halogens is 1. The molecule has 1 aromatic carbocycles. The molecule has 0 saturated heterocycles. The van der Waals surface area contributed by atoms with Crippen LogP contribution in [-0.2, 0) is 0 Å². The standard InChI is InChI=1S/C20H18FN5OS/c1-12(13-7-19(28-2)23-8-13)25-20(27)17-9-22-11-18-16(17)10-24-26(18)15-5-3-14(21)4-6-15/h3-12,23H,1-2H3,(H,25,27)/t12-/m0/s1. The van der Waals surface area contributed by atoms with E-state index in [9.17, 15) is 9.18 Å². The number of thioether (sulfide) groups is 1. The lowest BCUT2D eigenvalue weighted by molar-refractivity contribution is 0.0941. The van der Waals surface area contributed by atoms with Crippen LogP contribution in [0.25, 0.3) is 16.6 Å². The van der Waals surface area contributed by atoms with Crippen molar-refractivity contribution in [2.24, 2.45) is 0 Å². The molecule has 0 bridgehead atoms. The summed E-state index contributed by atoms with van der Waals surface area (Å²) in [6.07, 6.45) is 8.68. The lowest BCUT2D eigenvalue weighted by Gasteiger charge is -2.13. The van der Waals surface area contributed by atoms with Crippen LogP contribution < -0.4 is 5.32 Å². The Bertz CT molecular complexity index is 1140. The first-order valence-corrected chi connectivity index (χ1v) is 9.90. The zero-order valence-electron chi connectivity index (χ0n) is 15.3. The molecule has 28 heavy (non-hydrogen) atoms. The minimum Gasteiger partial charge on any atom is -0.356 e. The second-order valence-electron chi connectivity index (χ2n) is 6.35. The fourth-order valence-corrected chi connectivity index (χ4v) is 3.46. The molecule has 3 heterocycles. The SMILES string of the molecule is CSc1cc([C@H](C)NC(=O)c2cncc3c2cnn3-c2ccc(F)cc2)c[nH]1. The number of aromatic nitrogens is 4. The average molecular weight is 395 g/mol. The summed E-state index contributed by atoms with van der Waals surface area (Å²) >= 11 is 1.61. The van der Waals surface area contributed by atoms with E-state index >= 15 is 0 Å². The van der Waals surface area contributed by atoms with Crippen LogP contribution in [0, 0.1) is 5.82 Å². The van der Waals surface area contributed by atoms with Gasteiger partial charge in [-0.25, -0.2) is 9.07 Å². The number of H-pyrrole nitrogens is 1. The van der Waals surface area contributed by atoms with Gasteiger partial charge in [-0.05, 0) is 49.1 Å². The van der Waals surface area contributed by atoms with Crippen LogP contribution in [0.15, 0.2) is 60.1 Å². The quantitative estimate of drug-likeness (QED) is 0.499. The van der Waals surface area contributed by atoms with Crippen molar-refractivity contribution in [1.29, 1.82) is 0 Å². The van der Waals surface area contributed by atoms with Crippen molar-refractivity contribution in [2.75, 3.05) is 6.26 Å². The number of hydrogen-bond acceptors (Lipinski definition) is 4. The van der Waals surface area contributed by atoms with Crippen molar-refractivity contribution in [3.8, 4) is 5.69 Å². The molecule has 1 amide bonds. The summed E-state index contributed by atoms with van der Waals surface area (Å²) in [5.74, 6) is -0.544. The van der Waals surface area contributed by atoms with E-state index in [0.29, 0.717) is 22.2 Å². The molecule has 4 rings (SSSR count). The van der Waals surface area contributed by atoms with Crippen LogP contribution in [0.5, 0.6) is 0 Å². The van der Waals surface area contributed by atoms with Crippen LogP contribution in [0.3, 0.4) is 0 Å². The molecule has 0 unspecified atom stereocenters. The van der Waals surface area contributed by atoms with Crippen molar-refractivity contribution in [2.45, 2.75) is 18.0 Å². The Balaban J connectivity index is 1.63. The maximum absolute atomic E-state index is 13.2. The summed E-state index contributed by atoms with van der Waals surface area (Å²) in [6.45, 7) is 1.93. The van der Waals surface area contributed by atoms with Gasteiger partial charge in [-0.15, -0.1) is 11.8 Å². The molecule has 142 valence electrons. The number of benzene rings is 1. The third-order valence-electron chi connectivity index (χ3n) is 4.56. The number of amides is 1. The molecule has 4 aromatic rings. The van der Waals surface area contributed by atoms with Gasteiger partial charge in [0, 0.05) is 17.8 Å². The molecule has 0 radical (unpaired) electrons.